The molecule has 0 spiro atoms. The van der Waals surface area contributed by atoms with Gasteiger partial charge in [0.1, 0.15) is 12.4 Å². The fourth-order valence-corrected chi connectivity index (χ4v) is 1.23. The quantitative estimate of drug-likeness (QED) is 0.452. The van der Waals surface area contributed by atoms with E-state index in [9.17, 15) is 17.6 Å². The van der Waals surface area contributed by atoms with E-state index in [2.05, 4.69) is 4.74 Å². The average Bonchev–Trinajstić information content (AvgIpc) is 2.33. The van der Waals surface area contributed by atoms with Gasteiger partial charge in [-0.25, -0.2) is 8.78 Å². The predicted molar refractivity (Wildman–Crippen MR) is 62.7 cm³/mol. The summed E-state index contributed by atoms with van der Waals surface area (Å²) in [5, 5.41) is 0. The molecule has 0 aliphatic carbocycles. The molecule has 0 heterocycles. The van der Waals surface area contributed by atoms with Crippen LogP contribution in [0.25, 0.3) is 0 Å². The summed E-state index contributed by atoms with van der Waals surface area (Å²) in [5.74, 6) is -3.55. The largest absolute Gasteiger partial charge is 0.493 e. The molecule has 0 aromatic heterocycles. The fourth-order valence-electron chi connectivity index (χ4n) is 1.23. The van der Waals surface area contributed by atoms with Crippen molar-refractivity contribution < 1.29 is 27.0 Å². The normalized spacial score (nSPS) is 11.8. The molecule has 7 heteroatoms. The maximum atomic E-state index is 12.4. The van der Waals surface area contributed by atoms with Gasteiger partial charge in [-0.1, -0.05) is 6.07 Å². The van der Waals surface area contributed by atoms with Crippen LogP contribution in [0.15, 0.2) is 24.3 Å². The van der Waals surface area contributed by atoms with Gasteiger partial charge >= 0.3 is 12.3 Å². The number of halogens is 4. The van der Waals surface area contributed by atoms with E-state index in [0.717, 1.165) is 0 Å². The van der Waals surface area contributed by atoms with E-state index < -0.39 is 19.0 Å². The summed E-state index contributed by atoms with van der Waals surface area (Å²) in [6, 6.07) is 6.72. The van der Waals surface area contributed by atoms with Gasteiger partial charge in [0.15, 0.2) is 0 Å². The molecule has 1 aromatic rings. The number of nitrogens with two attached hydrogens (primary N) is 1. The number of nitrogen functional groups attached to an aromatic ring is 1. The second-order valence-corrected chi connectivity index (χ2v) is 3.89. The Kier molecular flexibility index (Phi) is 5.88. The zero-order valence-corrected chi connectivity index (χ0v) is 10.1. The lowest BCUT2D eigenvalue weighted by molar-refractivity contribution is -0.166. The molecule has 19 heavy (non-hydrogen) atoms. The van der Waals surface area contributed by atoms with Crippen LogP contribution < -0.4 is 10.5 Å². The third-order valence-corrected chi connectivity index (χ3v) is 2.17. The summed E-state index contributed by atoms with van der Waals surface area (Å²) in [4.78, 5) is 0. The maximum absolute atomic E-state index is 12.4. The summed E-state index contributed by atoms with van der Waals surface area (Å²) < 4.78 is 58.2. The van der Waals surface area contributed by atoms with Gasteiger partial charge < -0.3 is 15.2 Å². The molecule has 0 radical (unpaired) electrons. The lowest BCUT2D eigenvalue weighted by Crippen LogP contribution is -2.32. The van der Waals surface area contributed by atoms with E-state index in [-0.39, 0.29) is 13.2 Å². The first-order valence-electron chi connectivity index (χ1n) is 5.64. The first-order valence-corrected chi connectivity index (χ1v) is 5.64. The molecule has 0 aliphatic heterocycles. The SMILES string of the molecule is Nc1cccc(OCCCOCC(F)(F)C(F)F)c1. The average molecular weight is 281 g/mol. The predicted octanol–water partition coefficient (Wildman–Crippen LogP) is 2.95. The Balaban J connectivity index is 2.12. The Labute approximate surface area is 108 Å². The van der Waals surface area contributed by atoms with Crippen LogP contribution in [0.2, 0.25) is 0 Å². The Morgan fingerprint density at radius 2 is 1.95 bits per heavy atom. The Morgan fingerprint density at radius 3 is 2.58 bits per heavy atom. The summed E-state index contributed by atoms with van der Waals surface area (Å²) in [7, 11) is 0. The number of alkyl halides is 4. The summed E-state index contributed by atoms with van der Waals surface area (Å²) in [6.07, 6.45) is -3.40. The van der Waals surface area contributed by atoms with Crippen molar-refractivity contribution in [3.8, 4) is 5.75 Å². The first kappa shape index (κ1) is 15.6. The second kappa shape index (κ2) is 7.18. The first-order chi connectivity index (χ1) is 8.92. The zero-order chi connectivity index (χ0) is 14.3. The van der Waals surface area contributed by atoms with Crippen molar-refractivity contribution in [3.05, 3.63) is 24.3 Å². The van der Waals surface area contributed by atoms with E-state index >= 15 is 0 Å². The second-order valence-electron chi connectivity index (χ2n) is 3.89. The maximum Gasteiger partial charge on any atom is 0.330 e. The molecule has 108 valence electrons. The van der Waals surface area contributed by atoms with Crippen molar-refractivity contribution in [1.29, 1.82) is 0 Å². The van der Waals surface area contributed by atoms with Crippen molar-refractivity contribution in [2.45, 2.75) is 18.8 Å². The van der Waals surface area contributed by atoms with Crippen LogP contribution in [-0.2, 0) is 4.74 Å². The third kappa shape index (κ3) is 5.78. The molecule has 0 fully saturated rings. The van der Waals surface area contributed by atoms with Gasteiger partial charge in [0.2, 0.25) is 0 Å². The van der Waals surface area contributed by atoms with Crippen LogP contribution >= 0.6 is 0 Å². The van der Waals surface area contributed by atoms with Crippen LogP contribution in [0.5, 0.6) is 5.75 Å². The Bertz CT molecular complexity index is 388. The van der Waals surface area contributed by atoms with Crippen molar-refractivity contribution in [3.63, 3.8) is 0 Å². The number of hydrogen-bond acceptors (Lipinski definition) is 3. The van der Waals surface area contributed by atoms with E-state index in [1.807, 2.05) is 0 Å². The molecule has 0 saturated heterocycles. The van der Waals surface area contributed by atoms with E-state index in [4.69, 9.17) is 10.5 Å². The van der Waals surface area contributed by atoms with E-state index in [1.54, 1.807) is 24.3 Å². The van der Waals surface area contributed by atoms with Gasteiger partial charge in [-0.05, 0) is 12.1 Å². The van der Waals surface area contributed by atoms with Crippen LogP contribution in [0.4, 0.5) is 23.2 Å². The van der Waals surface area contributed by atoms with Gasteiger partial charge in [0.05, 0.1) is 13.2 Å². The van der Waals surface area contributed by atoms with Gasteiger partial charge in [-0.15, -0.1) is 0 Å². The molecule has 1 aromatic carbocycles. The number of ether oxygens (including phenoxy) is 2. The highest BCUT2D eigenvalue weighted by atomic mass is 19.3. The Hall–Kier alpha value is -1.50. The number of anilines is 1. The molecule has 0 atom stereocenters. The molecule has 0 unspecified atom stereocenters. The highest BCUT2D eigenvalue weighted by Crippen LogP contribution is 2.22. The van der Waals surface area contributed by atoms with Crippen molar-refractivity contribution in [1.82, 2.24) is 0 Å². The topological polar surface area (TPSA) is 44.5 Å². The lowest BCUT2D eigenvalue weighted by atomic mass is 10.3. The van der Waals surface area contributed by atoms with Gasteiger partial charge in [-0.3, -0.25) is 0 Å². The minimum Gasteiger partial charge on any atom is -0.493 e. The van der Waals surface area contributed by atoms with E-state index in [0.29, 0.717) is 17.9 Å². The Morgan fingerprint density at radius 1 is 1.21 bits per heavy atom. The summed E-state index contributed by atoms with van der Waals surface area (Å²) in [6.45, 7) is -1.14. The number of rotatable bonds is 8. The smallest absolute Gasteiger partial charge is 0.330 e. The zero-order valence-electron chi connectivity index (χ0n) is 10.1. The third-order valence-electron chi connectivity index (χ3n) is 2.17. The van der Waals surface area contributed by atoms with Crippen molar-refractivity contribution in [2.75, 3.05) is 25.6 Å². The molecular formula is C12H15F4NO2. The van der Waals surface area contributed by atoms with Gasteiger partial charge in [-0.2, -0.15) is 8.78 Å². The molecule has 0 saturated carbocycles. The van der Waals surface area contributed by atoms with E-state index in [1.165, 1.54) is 0 Å². The van der Waals surface area contributed by atoms with Crippen LogP contribution in [0.3, 0.4) is 0 Å². The summed E-state index contributed by atoms with van der Waals surface area (Å²) in [5.41, 5.74) is 6.07. The molecule has 3 nitrogen and oxygen atoms in total. The molecule has 0 amide bonds. The highest BCUT2D eigenvalue weighted by Gasteiger charge is 2.40. The molecule has 0 bridgehead atoms. The molecule has 0 aliphatic rings. The van der Waals surface area contributed by atoms with Gasteiger partial charge in [0, 0.05) is 18.2 Å². The minimum absolute atomic E-state index is 0.0787. The number of benzene rings is 1. The fraction of sp³-hybridized carbons (Fsp3) is 0.500. The molecule has 1 rings (SSSR count). The summed E-state index contributed by atoms with van der Waals surface area (Å²) >= 11 is 0. The van der Waals surface area contributed by atoms with Crippen LogP contribution in [-0.4, -0.2) is 32.2 Å². The highest BCUT2D eigenvalue weighted by molar-refractivity contribution is 5.43. The molecule has 2 N–H and O–H groups in total. The molecular weight excluding hydrogens is 266 g/mol. The van der Waals surface area contributed by atoms with Crippen LogP contribution in [0, 0.1) is 0 Å². The minimum atomic E-state index is -4.10. The van der Waals surface area contributed by atoms with Crippen molar-refractivity contribution >= 4 is 5.69 Å². The number of hydrogen-bond donors (Lipinski definition) is 1. The van der Waals surface area contributed by atoms with Crippen LogP contribution in [0.1, 0.15) is 6.42 Å². The van der Waals surface area contributed by atoms with Crippen molar-refractivity contribution in [2.24, 2.45) is 0 Å². The van der Waals surface area contributed by atoms with Gasteiger partial charge in [0.25, 0.3) is 0 Å². The monoisotopic (exact) mass is 281 g/mol. The lowest BCUT2D eigenvalue weighted by Gasteiger charge is -2.15. The standard InChI is InChI=1S/C12H15F4NO2/c13-11(14)12(15,16)8-18-5-2-6-19-10-4-1-3-9(17)7-10/h1,3-4,7,11H,2,5-6,8,17H2.